The highest BCUT2D eigenvalue weighted by molar-refractivity contribution is 6.33. The molecular formula is C24H15ClFN3O2. The number of benzene rings is 3. The Bertz CT molecular complexity index is 1600. The summed E-state index contributed by atoms with van der Waals surface area (Å²) in [5, 5.41) is 0.782. The molecule has 0 aliphatic heterocycles. The molecule has 2 heterocycles. The maximum Gasteiger partial charge on any atom is 0.271 e. The maximum absolute atomic E-state index is 13.7. The number of halogens is 2. The lowest BCUT2D eigenvalue weighted by Crippen LogP contribution is -2.28. The van der Waals surface area contributed by atoms with Crippen LogP contribution in [0.3, 0.4) is 0 Å². The summed E-state index contributed by atoms with van der Waals surface area (Å²) in [5.41, 5.74) is 0.873. The highest BCUT2D eigenvalue weighted by Crippen LogP contribution is 2.28. The van der Waals surface area contributed by atoms with E-state index in [-0.39, 0.29) is 16.9 Å². The van der Waals surface area contributed by atoms with Crippen molar-refractivity contribution < 1.29 is 4.39 Å². The first-order chi connectivity index (χ1) is 15.0. The van der Waals surface area contributed by atoms with E-state index in [1.807, 2.05) is 6.07 Å². The van der Waals surface area contributed by atoms with E-state index >= 15 is 0 Å². The van der Waals surface area contributed by atoms with Crippen molar-refractivity contribution in [2.75, 3.05) is 0 Å². The highest BCUT2D eigenvalue weighted by Gasteiger charge is 2.21. The summed E-state index contributed by atoms with van der Waals surface area (Å²) in [7, 11) is 1.76. The maximum atomic E-state index is 13.7. The Kier molecular flexibility index (Phi) is 4.45. The van der Waals surface area contributed by atoms with Crippen LogP contribution in [-0.4, -0.2) is 14.1 Å². The van der Waals surface area contributed by atoms with Gasteiger partial charge in [-0.2, -0.15) is 0 Å². The second kappa shape index (κ2) is 7.18. The molecule has 0 bridgehead atoms. The van der Waals surface area contributed by atoms with Crippen molar-refractivity contribution in [2.24, 2.45) is 7.05 Å². The van der Waals surface area contributed by atoms with Crippen LogP contribution in [0.25, 0.3) is 39.0 Å². The molecule has 0 spiro atoms. The zero-order valence-corrected chi connectivity index (χ0v) is 17.1. The molecule has 0 radical (unpaired) electrons. The van der Waals surface area contributed by atoms with Crippen molar-refractivity contribution in [3.05, 3.63) is 104 Å². The predicted octanol–water partition coefficient (Wildman–Crippen LogP) is 4.70. The lowest BCUT2D eigenvalue weighted by molar-refractivity contribution is 0.627. The SMILES string of the molecule is Cn1c2ccccc2c(=O)c2c(=O)n(-c3ccc(F)cc3)c(-c3ccccc3Cl)nc21. The lowest BCUT2D eigenvalue weighted by Gasteiger charge is -2.17. The number of nitrogens with zero attached hydrogens (tertiary/aromatic N) is 3. The quantitative estimate of drug-likeness (QED) is 0.381. The number of fused-ring (bicyclic) bond motifs is 2. The third kappa shape index (κ3) is 2.95. The van der Waals surface area contributed by atoms with Gasteiger partial charge in [0.05, 0.1) is 16.2 Å². The first kappa shape index (κ1) is 19.2. The summed E-state index contributed by atoms with van der Waals surface area (Å²) in [6.07, 6.45) is 0. The van der Waals surface area contributed by atoms with Crippen molar-refractivity contribution in [1.82, 2.24) is 14.1 Å². The van der Waals surface area contributed by atoms with Crippen LogP contribution in [0.4, 0.5) is 4.39 Å². The summed E-state index contributed by atoms with van der Waals surface area (Å²) in [6, 6.07) is 19.5. The van der Waals surface area contributed by atoms with Gasteiger partial charge in [0.25, 0.3) is 5.56 Å². The molecule has 0 saturated heterocycles. The van der Waals surface area contributed by atoms with Gasteiger partial charge in [0.1, 0.15) is 11.2 Å². The zero-order chi connectivity index (χ0) is 21.7. The number of aryl methyl sites for hydroxylation is 1. The normalized spacial score (nSPS) is 11.3. The molecule has 5 aromatic rings. The van der Waals surface area contributed by atoms with Crippen molar-refractivity contribution in [1.29, 1.82) is 0 Å². The highest BCUT2D eigenvalue weighted by atomic mass is 35.5. The van der Waals surface area contributed by atoms with Gasteiger partial charge in [-0.25, -0.2) is 9.37 Å². The fourth-order valence-electron chi connectivity index (χ4n) is 3.81. The van der Waals surface area contributed by atoms with Crippen LogP contribution in [-0.2, 0) is 7.05 Å². The van der Waals surface area contributed by atoms with Gasteiger partial charge in [0, 0.05) is 18.0 Å². The molecule has 0 amide bonds. The third-order valence-corrected chi connectivity index (χ3v) is 5.65. The third-order valence-electron chi connectivity index (χ3n) is 5.32. The summed E-state index contributed by atoms with van der Waals surface area (Å²) < 4.78 is 16.6. The Morgan fingerprint density at radius 2 is 1.58 bits per heavy atom. The number of hydrogen-bond donors (Lipinski definition) is 0. The monoisotopic (exact) mass is 431 g/mol. The molecule has 5 rings (SSSR count). The Hall–Kier alpha value is -3.77. The van der Waals surface area contributed by atoms with Crippen molar-refractivity contribution >= 4 is 33.5 Å². The van der Waals surface area contributed by atoms with E-state index in [0.29, 0.717) is 27.2 Å². The van der Waals surface area contributed by atoms with E-state index in [9.17, 15) is 14.0 Å². The number of para-hydroxylation sites is 1. The average Bonchev–Trinajstić information content (AvgIpc) is 2.78. The topological polar surface area (TPSA) is 56.9 Å². The fraction of sp³-hybridized carbons (Fsp3) is 0.0417. The van der Waals surface area contributed by atoms with Gasteiger partial charge in [0.15, 0.2) is 11.5 Å². The van der Waals surface area contributed by atoms with Gasteiger partial charge in [-0.15, -0.1) is 0 Å². The molecule has 0 saturated carbocycles. The largest absolute Gasteiger partial charge is 0.328 e. The van der Waals surface area contributed by atoms with Crippen LogP contribution < -0.4 is 11.0 Å². The van der Waals surface area contributed by atoms with E-state index in [1.165, 1.54) is 28.8 Å². The number of hydrogen-bond acceptors (Lipinski definition) is 3. The molecule has 152 valence electrons. The molecule has 5 nitrogen and oxygen atoms in total. The van der Waals surface area contributed by atoms with E-state index < -0.39 is 16.8 Å². The average molecular weight is 432 g/mol. The zero-order valence-electron chi connectivity index (χ0n) is 16.3. The van der Waals surface area contributed by atoms with Crippen LogP contribution in [0.5, 0.6) is 0 Å². The summed E-state index contributed by atoms with van der Waals surface area (Å²) in [6.45, 7) is 0. The summed E-state index contributed by atoms with van der Waals surface area (Å²) in [4.78, 5) is 31.7. The van der Waals surface area contributed by atoms with Crippen LogP contribution in [0.15, 0.2) is 82.4 Å². The Labute approximate surface area is 180 Å². The van der Waals surface area contributed by atoms with Gasteiger partial charge in [0.2, 0.25) is 5.43 Å². The van der Waals surface area contributed by atoms with Gasteiger partial charge >= 0.3 is 0 Å². The first-order valence-electron chi connectivity index (χ1n) is 9.52. The Balaban J connectivity index is 2.03. The molecule has 3 aromatic carbocycles. The van der Waals surface area contributed by atoms with E-state index in [4.69, 9.17) is 16.6 Å². The van der Waals surface area contributed by atoms with Crippen LogP contribution in [0.1, 0.15) is 0 Å². The first-order valence-corrected chi connectivity index (χ1v) is 9.90. The minimum Gasteiger partial charge on any atom is -0.328 e. The van der Waals surface area contributed by atoms with E-state index in [1.54, 1.807) is 54.1 Å². The summed E-state index contributed by atoms with van der Waals surface area (Å²) >= 11 is 6.43. The second-order valence-corrected chi connectivity index (χ2v) is 7.54. The van der Waals surface area contributed by atoms with E-state index in [2.05, 4.69) is 0 Å². The van der Waals surface area contributed by atoms with Crippen LogP contribution in [0, 0.1) is 5.82 Å². The van der Waals surface area contributed by atoms with Gasteiger partial charge in [-0.3, -0.25) is 14.2 Å². The standard InChI is InChI=1S/C24H15ClFN3O2/c1-28-19-9-5-3-7-17(19)21(30)20-23(28)27-22(16-6-2-4-8-18(16)25)29(24(20)31)15-12-10-14(26)11-13-15/h2-13H,1H3. The summed E-state index contributed by atoms with van der Waals surface area (Å²) in [5.74, 6) is -0.174. The Morgan fingerprint density at radius 3 is 2.32 bits per heavy atom. The minimum absolute atomic E-state index is 0.0404. The molecule has 0 aliphatic rings. The lowest BCUT2D eigenvalue weighted by atomic mass is 10.1. The van der Waals surface area contributed by atoms with Crippen molar-refractivity contribution in [3.8, 4) is 17.1 Å². The fourth-order valence-corrected chi connectivity index (χ4v) is 4.03. The minimum atomic E-state index is -0.544. The van der Waals surface area contributed by atoms with Crippen LogP contribution in [0.2, 0.25) is 5.02 Å². The molecular weight excluding hydrogens is 417 g/mol. The number of pyridine rings is 1. The van der Waals surface area contributed by atoms with Gasteiger partial charge in [-0.1, -0.05) is 35.9 Å². The van der Waals surface area contributed by atoms with Crippen molar-refractivity contribution in [3.63, 3.8) is 0 Å². The van der Waals surface area contributed by atoms with Crippen LogP contribution >= 0.6 is 11.6 Å². The molecule has 0 aliphatic carbocycles. The van der Waals surface area contributed by atoms with E-state index in [0.717, 1.165) is 0 Å². The predicted molar refractivity (Wildman–Crippen MR) is 120 cm³/mol. The molecule has 31 heavy (non-hydrogen) atoms. The Morgan fingerprint density at radius 1 is 0.903 bits per heavy atom. The van der Waals surface area contributed by atoms with Gasteiger partial charge < -0.3 is 4.57 Å². The molecule has 0 fully saturated rings. The number of aromatic nitrogens is 3. The smallest absolute Gasteiger partial charge is 0.271 e. The molecule has 7 heteroatoms. The van der Waals surface area contributed by atoms with Gasteiger partial charge in [-0.05, 0) is 48.5 Å². The number of rotatable bonds is 2. The second-order valence-electron chi connectivity index (χ2n) is 7.14. The molecule has 0 N–H and O–H groups in total. The molecule has 0 unspecified atom stereocenters. The molecule has 0 atom stereocenters. The van der Waals surface area contributed by atoms with Crippen molar-refractivity contribution in [2.45, 2.75) is 0 Å². The molecule has 2 aromatic heterocycles.